The fourth-order valence-corrected chi connectivity index (χ4v) is 6.42. The first-order valence-corrected chi connectivity index (χ1v) is 19.1. The molecule has 0 aliphatic carbocycles. The lowest BCUT2D eigenvalue weighted by molar-refractivity contribution is -0.111. The summed E-state index contributed by atoms with van der Waals surface area (Å²) in [5.41, 5.74) is 0.213. The summed E-state index contributed by atoms with van der Waals surface area (Å²) in [6.45, 7) is 10.9. The quantitative estimate of drug-likeness (QED) is 0.0911. The molecule has 0 spiro atoms. The number of carbonyl (C=O) groups is 4. The van der Waals surface area contributed by atoms with Crippen molar-refractivity contribution in [2.75, 3.05) is 52.9 Å². The Bertz CT molecular complexity index is 1620. The Morgan fingerprint density at radius 3 is 2.45 bits per heavy atom. The van der Waals surface area contributed by atoms with Crippen molar-refractivity contribution in [3.8, 4) is 11.7 Å². The van der Waals surface area contributed by atoms with Crippen molar-refractivity contribution in [1.82, 2.24) is 34.9 Å². The normalized spacial score (nSPS) is 20.2. The van der Waals surface area contributed by atoms with Gasteiger partial charge in [0.2, 0.25) is 0 Å². The average Bonchev–Trinajstić information content (AvgIpc) is 3.85. The number of hydrogen-bond acceptors (Lipinski definition) is 12. The number of rotatable bonds is 19. The van der Waals surface area contributed by atoms with Crippen LogP contribution >= 0.6 is 0 Å². The molecule has 1 N–H and O–H groups in total. The van der Waals surface area contributed by atoms with E-state index in [2.05, 4.69) is 20.4 Å². The number of unbranched alkanes of at least 4 members (excludes halogenated alkanes) is 2. The van der Waals surface area contributed by atoms with Gasteiger partial charge in [0.15, 0.2) is 6.10 Å². The Hall–Kier alpha value is -4.89. The Labute approximate surface area is 323 Å². The predicted molar refractivity (Wildman–Crippen MR) is 206 cm³/mol. The molecular weight excluding hydrogens is 706 g/mol. The maximum atomic E-state index is 13.1. The topological polar surface area (TPSA) is 170 Å². The number of para-hydroxylation sites is 1. The highest BCUT2D eigenvalue weighted by Crippen LogP contribution is 2.27. The number of nitrogens with zero attached hydrogens (tertiary/aromatic N) is 7. The molecule has 15 heteroatoms. The zero-order valence-corrected chi connectivity index (χ0v) is 32.7. The van der Waals surface area contributed by atoms with Crippen molar-refractivity contribution in [3.63, 3.8) is 0 Å². The monoisotopic (exact) mass is 763 g/mol. The van der Waals surface area contributed by atoms with E-state index in [9.17, 15) is 24.3 Å². The maximum Gasteiger partial charge on any atom is 0.410 e. The molecule has 6 atom stereocenters. The average molecular weight is 764 g/mol. The van der Waals surface area contributed by atoms with Gasteiger partial charge in [0.25, 0.3) is 0 Å². The number of carbonyl (C=O) groups excluding carboxylic acids is 4. The van der Waals surface area contributed by atoms with Gasteiger partial charge in [0.05, 0.1) is 18.8 Å². The molecule has 300 valence electrons. The second-order valence-electron chi connectivity index (χ2n) is 14.8. The molecule has 2 aliphatic heterocycles. The molecule has 2 aliphatic rings. The van der Waals surface area contributed by atoms with Gasteiger partial charge < -0.3 is 43.6 Å². The Balaban J connectivity index is 1.27. The highest BCUT2D eigenvalue weighted by Gasteiger charge is 2.35. The lowest BCUT2D eigenvalue weighted by Crippen LogP contribution is -2.50. The molecule has 15 nitrogen and oxygen atoms in total. The van der Waals surface area contributed by atoms with E-state index in [0.717, 1.165) is 36.9 Å². The second-order valence-corrected chi connectivity index (χ2v) is 14.8. The van der Waals surface area contributed by atoms with Gasteiger partial charge in [-0.3, -0.25) is 0 Å². The third-order valence-electron chi connectivity index (χ3n) is 10.1. The van der Waals surface area contributed by atoms with Gasteiger partial charge in [-0.1, -0.05) is 73.4 Å². The number of aldehydes is 2. The van der Waals surface area contributed by atoms with Crippen molar-refractivity contribution in [2.45, 2.75) is 77.6 Å². The molecule has 0 bridgehead atoms. The fourth-order valence-electron chi connectivity index (χ4n) is 6.42. The number of likely N-dealkylation sites (N-methyl/N-ethyl adjacent to an activating group) is 1. The van der Waals surface area contributed by atoms with E-state index in [0.29, 0.717) is 58.3 Å². The molecule has 55 heavy (non-hydrogen) atoms. The van der Waals surface area contributed by atoms with Crippen LogP contribution in [-0.4, -0.2) is 136 Å². The van der Waals surface area contributed by atoms with Crippen molar-refractivity contribution < 1.29 is 38.5 Å². The largest absolute Gasteiger partial charge is 0.457 e. The van der Waals surface area contributed by atoms with Crippen LogP contribution in [0.4, 0.5) is 9.59 Å². The molecule has 0 radical (unpaired) electrons. The lowest BCUT2D eigenvalue weighted by atomic mass is 9.86. The number of aliphatic hydroxyl groups is 1. The van der Waals surface area contributed by atoms with E-state index < -0.39 is 29.8 Å². The number of piperazine rings is 1. The number of benzene rings is 1. The number of aromatic nitrogens is 4. The molecule has 2 saturated heterocycles. The second kappa shape index (κ2) is 21.3. The van der Waals surface area contributed by atoms with Crippen LogP contribution in [0.25, 0.3) is 5.69 Å². The molecule has 1 aromatic carbocycles. The van der Waals surface area contributed by atoms with Crippen LogP contribution in [0.2, 0.25) is 0 Å². The summed E-state index contributed by atoms with van der Waals surface area (Å²) in [5, 5.41) is 23.1. The summed E-state index contributed by atoms with van der Waals surface area (Å²) in [5.74, 6) is -0.826. The number of allylic oxidation sites excluding steroid dienone is 4. The van der Waals surface area contributed by atoms with Crippen LogP contribution in [-0.2, 0) is 19.1 Å². The van der Waals surface area contributed by atoms with Crippen LogP contribution in [0.15, 0.2) is 66.3 Å². The Morgan fingerprint density at radius 2 is 1.75 bits per heavy atom. The highest BCUT2D eigenvalue weighted by molar-refractivity contribution is 5.68. The third kappa shape index (κ3) is 13.1. The third-order valence-corrected chi connectivity index (χ3v) is 10.1. The summed E-state index contributed by atoms with van der Waals surface area (Å²) < 4.78 is 19.0. The minimum absolute atomic E-state index is 0.0883. The van der Waals surface area contributed by atoms with Gasteiger partial charge in [0.1, 0.15) is 24.3 Å². The molecule has 2 amide bonds. The number of amides is 2. The van der Waals surface area contributed by atoms with Crippen molar-refractivity contribution >= 4 is 24.8 Å². The van der Waals surface area contributed by atoms with Crippen LogP contribution in [0.1, 0.15) is 59.8 Å². The van der Waals surface area contributed by atoms with Crippen LogP contribution < -0.4 is 4.74 Å². The molecule has 2 fully saturated rings. The minimum Gasteiger partial charge on any atom is -0.457 e. The van der Waals surface area contributed by atoms with E-state index in [1.54, 1.807) is 22.8 Å². The van der Waals surface area contributed by atoms with Crippen molar-refractivity contribution in [1.29, 1.82) is 0 Å². The van der Waals surface area contributed by atoms with Gasteiger partial charge in [-0.05, 0) is 68.3 Å². The fraction of sp³-hybridized carbons (Fsp3) is 0.575. The zero-order chi connectivity index (χ0) is 39.8. The molecular formula is C40H57N7O8. The van der Waals surface area contributed by atoms with Gasteiger partial charge >= 0.3 is 18.2 Å². The SMILES string of the molecule is C/C(=C\C=C\[C@@H](C)COC(=O)N1CC[C@H](Oc2nnnn2-c2ccccc2)C1)[C@@H](C=O)[C@@H](C)/C=C/[C@H](OC(=O)N1CCN(C)CC1)[C@@](C)(O)CCCCC=O. The minimum atomic E-state index is -1.38. The van der Waals surface area contributed by atoms with Crippen LogP contribution in [0, 0.1) is 17.8 Å². The maximum absolute atomic E-state index is 13.1. The lowest BCUT2D eigenvalue weighted by Gasteiger charge is -2.35. The first-order chi connectivity index (χ1) is 26.4. The molecule has 1 aromatic heterocycles. The first-order valence-electron chi connectivity index (χ1n) is 19.1. The highest BCUT2D eigenvalue weighted by atomic mass is 16.6. The van der Waals surface area contributed by atoms with Gasteiger partial charge in [0, 0.05) is 57.4 Å². The van der Waals surface area contributed by atoms with Crippen LogP contribution in [0.3, 0.4) is 0 Å². The molecule has 2 aromatic rings. The number of ether oxygens (including phenoxy) is 3. The standard InChI is InChI=1S/C40H57N7O8/c1-30(29-53-38(50)46-21-19-34(27-46)54-37-41-42-43-47(37)33-15-8-6-9-16-33)13-12-14-31(2)35(28-49)32(3)17-18-36(40(4,52)20-10-7-11-26-48)55-39(51)45-24-22-44(5)23-25-45/h6,8-9,12-18,26,28,30,32,34-36,52H,7,10-11,19-25,27,29H2,1-5H3/b13-12+,18-17+,31-14+/t30-,32+,34+,35-,36+,40+/m1/s1. The van der Waals surface area contributed by atoms with Gasteiger partial charge in [-0.25, -0.2) is 9.59 Å². The number of tetrazole rings is 1. The summed E-state index contributed by atoms with van der Waals surface area (Å²) in [6, 6.07) is 9.67. The van der Waals surface area contributed by atoms with Crippen LogP contribution in [0.5, 0.6) is 6.01 Å². The van der Waals surface area contributed by atoms with E-state index in [-0.39, 0.29) is 30.6 Å². The summed E-state index contributed by atoms with van der Waals surface area (Å²) in [6.07, 6.45) is 11.3. The molecule has 0 unspecified atom stereocenters. The summed E-state index contributed by atoms with van der Waals surface area (Å²) >= 11 is 0. The molecule has 0 saturated carbocycles. The molecule has 3 heterocycles. The summed E-state index contributed by atoms with van der Waals surface area (Å²) in [7, 11) is 2.00. The van der Waals surface area contributed by atoms with Crippen molar-refractivity contribution in [3.05, 3.63) is 66.3 Å². The number of hydrogen-bond donors (Lipinski definition) is 1. The van der Waals surface area contributed by atoms with E-state index in [1.807, 2.05) is 82.5 Å². The first kappa shape index (κ1) is 42.8. The number of likely N-dealkylation sites (tertiary alicyclic amines) is 1. The van der Waals surface area contributed by atoms with Crippen molar-refractivity contribution in [2.24, 2.45) is 17.8 Å². The van der Waals surface area contributed by atoms with E-state index in [1.165, 1.54) is 4.68 Å². The zero-order valence-electron chi connectivity index (χ0n) is 32.7. The Morgan fingerprint density at radius 1 is 1.00 bits per heavy atom. The van der Waals surface area contributed by atoms with E-state index in [4.69, 9.17) is 14.2 Å². The van der Waals surface area contributed by atoms with E-state index >= 15 is 0 Å². The summed E-state index contributed by atoms with van der Waals surface area (Å²) in [4.78, 5) is 54.4. The Kier molecular flexibility index (Phi) is 16.6. The van der Waals surface area contributed by atoms with Gasteiger partial charge in [-0.2, -0.15) is 4.68 Å². The molecule has 4 rings (SSSR count). The predicted octanol–water partition coefficient (Wildman–Crippen LogP) is 4.66. The smallest absolute Gasteiger partial charge is 0.410 e. The van der Waals surface area contributed by atoms with Gasteiger partial charge in [-0.15, -0.1) is 0 Å².